The van der Waals surface area contributed by atoms with Gasteiger partial charge in [-0.3, -0.25) is 4.79 Å². The molecule has 0 bridgehead atoms. The molecular formula is C16H21F2N3O. The van der Waals surface area contributed by atoms with Crippen LogP contribution in [0.1, 0.15) is 25.3 Å². The summed E-state index contributed by atoms with van der Waals surface area (Å²) < 4.78 is 25.5. The highest BCUT2D eigenvalue weighted by molar-refractivity contribution is 5.87. The number of hydrogen-bond acceptors (Lipinski definition) is 3. The van der Waals surface area contributed by atoms with Crippen LogP contribution in [0.2, 0.25) is 0 Å². The molecular weight excluding hydrogens is 288 g/mol. The second-order valence-electron chi connectivity index (χ2n) is 5.78. The van der Waals surface area contributed by atoms with Crippen LogP contribution < -0.4 is 5.32 Å². The van der Waals surface area contributed by atoms with Gasteiger partial charge in [0.05, 0.1) is 0 Å². The monoisotopic (exact) mass is 309 g/mol. The summed E-state index contributed by atoms with van der Waals surface area (Å²) in [4.78, 5) is 17.8. The molecule has 1 atom stereocenters. The molecule has 120 valence electrons. The molecule has 1 fully saturated rings. The molecule has 1 unspecified atom stereocenters. The fourth-order valence-corrected chi connectivity index (χ4v) is 2.44. The number of carbonyl (C=O) groups is 1. The van der Waals surface area contributed by atoms with Crippen LogP contribution in [0, 0.1) is 6.92 Å². The topological polar surface area (TPSA) is 45.2 Å². The van der Waals surface area contributed by atoms with Gasteiger partial charge in [0.2, 0.25) is 5.91 Å². The third-order valence-electron chi connectivity index (χ3n) is 3.52. The first kappa shape index (κ1) is 16.4. The molecule has 2 heterocycles. The van der Waals surface area contributed by atoms with Gasteiger partial charge in [-0.05, 0) is 43.5 Å². The minimum absolute atomic E-state index is 0.0857. The van der Waals surface area contributed by atoms with Crippen molar-refractivity contribution in [3.63, 3.8) is 0 Å². The van der Waals surface area contributed by atoms with Gasteiger partial charge in [-0.15, -0.1) is 0 Å². The number of hydrogen-bond donors (Lipinski definition) is 1. The molecule has 1 amide bonds. The predicted molar refractivity (Wildman–Crippen MR) is 82.0 cm³/mol. The van der Waals surface area contributed by atoms with Crippen LogP contribution in [-0.2, 0) is 4.79 Å². The highest BCUT2D eigenvalue weighted by Gasteiger charge is 2.24. The number of halogens is 2. The lowest BCUT2D eigenvalue weighted by molar-refractivity contribution is -0.127. The van der Waals surface area contributed by atoms with Crippen LogP contribution in [0.3, 0.4) is 0 Å². The minimum Gasteiger partial charge on any atom is -0.366 e. The molecule has 4 nitrogen and oxygen atoms in total. The summed E-state index contributed by atoms with van der Waals surface area (Å²) >= 11 is 0. The number of piperidine rings is 1. The summed E-state index contributed by atoms with van der Waals surface area (Å²) in [7, 11) is 0. The average Bonchev–Trinajstić information content (AvgIpc) is 2.44. The molecule has 1 saturated heterocycles. The smallest absolute Gasteiger partial charge is 0.264 e. The maximum Gasteiger partial charge on any atom is 0.264 e. The standard InChI is InChI=1S/C16H21F2N3O/c1-12-6-8-19-14(10-12)20-13-4-3-9-21(11-13)15(22)5-7-16(2,17)18/h5-8,10,13H,3-4,9,11H2,1-2H3,(H,19,20)/b7-5+. The maximum absolute atomic E-state index is 12.8. The Morgan fingerprint density at radius 1 is 1.55 bits per heavy atom. The quantitative estimate of drug-likeness (QED) is 0.870. The van der Waals surface area contributed by atoms with E-state index in [1.807, 2.05) is 19.1 Å². The van der Waals surface area contributed by atoms with Gasteiger partial charge >= 0.3 is 0 Å². The van der Waals surface area contributed by atoms with Crippen LogP contribution in [0.25, 0.3) is 0 Å². The lowest BCUT2D eigenvalue weighted by Crippen LogP contribution is -2.44. The van der Waals surface area contributed by atoms with Crippen molar-refractivity contribution in [1.29, 1.82) is 0 Å². The number of anilines is 1. The molecule has 1 N–H and O–H groups in total. The van der Waals surface area contributed by atoms with Crippen molar-refractivity contribution in [2.75, 3.05) is 18.4 Å². The molecule has 1 aromatic heterocycles. The first-order chi connectivity index (χ1) is 10.3. The van der Waals surface area contributed by atoms with Crippen molar-refractivity contribution in [2.24, 2.45) is 0 Å². The molecule has 1 aromatic rings. The fraction of sp³-hybridized carbons (Fsp3) is 0.500. The van der Waals surface area contributed by atoms with Gasteiger partial charge in [-0.2, -0.15) is 0 Å². The molecule has 0 radical (unpaired) electrons. The number of likely N-dealkylation sites (tertiary alicyclic amines) is 1. The lowest BCUT2D eigenvalue weighted by atomic mass is 10.1. The largest absolute Gasteiger partial charge is 0.366 e. The number of aromatic nitrogens is 1. The Balaban J connectivity index is 1.94. The van der Waals surface area contributed by atoms with Crippen molar-refractivity contribution in [1.82, 2.24) is 9.88 Å². The molecule has 0 spiro atoms. The predicted octanol–water partition coefficient (Wildman–Crippen LogP) is 3.00. The maximum atomic E-state index is 12.8. The number of pyridine rings is 1. The van der Waals surface area contributed by atoms with E-state index in [-0.39, 0.29) is 11.9 Å². The molecule has 0 aliphatic carbocycles. The molecule has 6 heteroatoms. The summed E-state index contributed by atoms with van der Waals surface area (Å²) in [5.41, 5.74) is 1.11. The van der Waals surface area contributed by atoms with Crippen LogP contribution in [-0.4, -0.2) is 40.8 Å². The number of rotatable bonds is 4. The molecule has 1 aliphatic heterocycles. The zero-order valence-electron chi connectivity index (χ0n) is 12.9. The number of amides is 1. The Morgan fingerprint density at radius 2 is 2.32 bits per heavy atom. The highest BCUT2D eigenvalue weighted by atomic mass is 19.3. The first-order valence-electron chi connectivity index (χ1n) is 7.39. The zero-order chi connectivity index (χ0) is 16.2. The molecule has 0 saturated carbocycles. The van der Waals surface area contributed by atoms with Gasteiger partial charge in [0.25, 0.3) is 5.92 Å². The summed E-state index contributed by atoms with van der Waals surface area (Å²) in [6, 6.07) is 3.94. The Labute approximate surface area is 129 Å². The van der Waals surface area contributed by atoms with Crippen LogP contribution in [0.15, 0.2) is 30.5 Å². The van der Waals surface area contributed by atoms with Gasteiger partial charge in [-0.25, -0.2) is 13.8 Å². The molecule has 2 rings (SSSR count). The number of nitrogens with one attached hydrogen (secondary N) is 1. The van der Waals surface area contributed by atoms with Crippen molar-refractivity contribution in [3.05, 3.63) is 36.0 Å². The Bertz CT molecular complexity index is 555. The van der Waals surface area contributed by atoms with E-state index in [0.29, 0.717) is 19.2 Å². The van der Waals surface area contributed by atoms with Crippen LogP contribution >= 0.6 is 0 Å². The van der Waals surface area contributed by atoms with Gasteiger partial charge in [0.15, 0.2) is 0 Å². The Morgan fingerprint density at radius 3 is 3.00 bits per heavy atom. The second kappa shape index (κ2) is 6.85. The summed E-state index contributed by atoms with van der Waals surface area (Å²) in [6.07, 6.45) is 5.11. The van der Waals surface area contributed by atoms with Crippen molar-refractivity contribution in [2.45, 2.75) is 38.7 Å². The van der Waals surface area contributed by atoms with E-state index in [1.165, 1.54) is 0 Å². The van der Waals surface area contributed by atoms with Crippen LogP contribution in [0.4, 0.5) is 14.6 Å². The molecule has 0 aromatic carbocycles. The molecule has 22 heavy (non-hydrogen) atoms. The second-order valence-corrected chi connectivity index (χ2v) is 5.78. The van der Waals surface area contributed by atoms with Gasteiger partial charge < -0.3 is 10.2 Å². The van der Waals surface area contributed by atoms with Crippen LogP contribution in [0.5, 0.6) is 0 Å². The number of allylic oxidation sites excluding steroid dienone is 1. The van der Waals surface area contributed by atoms with Crippen molar-refractivity contribution in [3.8, 4) is 0 Å². The summed E-state index contributed by atoms with van der Waals surface area (Å²) in [5.74, 6) is -2.56. The number of aryl methyl sites for hydroxylation is 1. The van der Waals surface area contributed by atoms with Crippen molar-refractivity contribution >= 4 is 11.7 Å². The van der Waals surface area contributed by atoms with Gasteiger partial charge in [0, 0.05) is 38.3 Å². The van der Waals surface area contributed by atoms with E-state index in [0.717, 1.165) is 37.2 Å². The Hall–Kier alpha value is -1.98. The summed E-state index contributed by atoms with van der Waals surface area (Å²) in [6.45, 7) is 3.84. The average molecular weight is 309 g/mol. The lowest BCUT2D eigenvalue weighted by Gasteiger charge is -2.33. The van der Waals surface area contributed by atoms with E-state index < -0.39 is 5.92 Å². The normalized spacial score (nSPS) is 19.5. The van der Waals surface area contributed by atoms with E-state index >= 15 is 0 Å². The van der Waals surface area contributed by atoms with E-state index in [9.17, 15) is 13.6 Å². The summed E-state index contributed by atoms with van der Waals surface area (Å²) in [5, 5.41) is 3.30. The van der Waals surface area contributed by atoms with Gasteiger partial charge in [-0.1, -0.05) is 0 Å². The van der Waals surface area contributed by atoms with E-state index in [2.05, 4.69) is 10.3 Å². The van der Waals surface area contributed by atoms with Gasteiger partial charge in [0.1, 0.15) is 5.82 Å². The number of alkyl halides is 2. The minimum atomic E-state index is -2.96. The Kier molecular flexibility index (Phi) is 5.11. The van der Waals surface area contributed by atoms with E-state index in [1.54, 1.807) is 11.1 Å². The third-order valence-corrected chi connectivity index (χ3v) is 3.52. The number of nitrogens with zero attached hydrogens (tertiary/aromatic N) is 2. The number of carbonyl (C=O) groups excluding carboxylic acids is 1. The zero-order valence-corrected chi connectivity index (χ0v) is 12.9. The molecule has 1 aliphatic rings. The fourth-order valence-electron chi connectivity index (χ4n) is 2.44. The van der Waals surface area contributed by atoms with E-state index in [4.69, 9.17) is 0 Å². The highest BCUT2D eigenvalue weighted by Crippen LogP contribution is 2.17. The first-order valence-corrected chi connectivity index (χ1v) is 7.39. The SMILES string of the molecule is Cc1ccnc(NC2CCCN(C(=O)/C=C/C(C)(F)F)C2)c1. The third kappa shape index (κ3) is 5.09. The van der Waals surface area contributed by atoms with Crippen molar-refractivity contribution < 1.29 is 13.6 Å².